The molecule has 0 aliphatic rings. The van der Waals surface area contributed by atoms with Gasteiger partial charge in [-0.15, -0.1) is 0 Å². The Morgan fingerprint density at radius 2 is 1.76 bits per heavy atom. The predicted molar refractivity (Wildman–Crippen MR) is 73.1 cm³/mol. The molecular weight excluding hydrogens is 298 g/mol. The molecule has 0 unspecified atom stereocenters. The molecule has 0 bridgehead atoms. The van der Waals surface area contributed by atoms with Gasteiger partial charge in [0.15, 0.2) is 0 Å². The van der Waals surface area contributed by atoms with Crippen LogP contribution in [0.2, 0.25) is 0 Å². The molecule has 0 fully saturated rings. The van der Waals surface area contributed by atoms with Crippen LogP contribution in [0.5, 0.6) is 0 Å². The Morgan fingerprint density at radius 3 is 2.29 bits per heavy atom. The van der Waals surface area contributed by atoms with Crippen LogP contribution in [0.4, 0.5) is 0 Å². The van der Waals surface area contributed by atoms with E-state index in [-0.39, 0.29) is 0 Å². The van der Waals surface area contributed by atoms with Gasteiger partial charge in [0.25, 0.3) is 0 Å². The lowest BCUT2D eigenvalue weighted by molar-refractivity contribution is 0.945. The number of nitrogens with zero attached hydrogens (tertiary/aromatic N) is 2. The van der Waals surface area contributed by atoms with Crippen molar-refractivity contribution in [1.29, 1.82) is 0 Å². The molecule has 0 amide bonds. The van der Waals surface area contributed by atoms with E-state index in [1.54, 1.807) is 18.0 Å². The molecule has 2 heterocycles. The summed E-state index contributed by atoms with van der Waals surface area (Å²) in [6, 6.07) is 7.99. The maximum atomic E-state index is 5.49. The largest absolute Gasteiger partial charge is 0.330 e. The minimum Gasteiger partial charge on any atom is -0.330 e. The Kier molecular flexibility index (Phi) is 4.53. The summed E-state index contributed by atoms with van der Waals surface area (Å²) in [6.07, 6.45) is 4.52. The summed E-state index contributed by atoms with van der Waals surface area (Å²) in [5.41, 5.74) is 6.66. The third-order valence-corrected chi connectivity index (χ3v) is 3.51. The molecule has 0 spiro atoms. The highest BCUT2D eigenvalue weighted by Crippen LogP contribution is 2.24. The van der Waals surface area contributed by atoms with Gasteiger partial charge >= 0.3 is 0 Å². The molecule has 0 atom stereocenters. The number of nitrogens with two attached hydrogens (primary N) is 1. The first-order valence-corrected chi connectivity index (χ1v) is 6.83. The van der Waals surface area contributed by atoms with E-state index < -0.39 is 0 Å². The van der Waals surface area contributed by atoms with Crippen molar-refractivity contribution < 1.29 is 0 Å². The maximum Gasteiger partial charge on any atom is 0.102 e. The van der Waals surface area contributed by atoms with Crippen molar-refractivity contribution >= 4 is 27.7 Å². The molecule has 0 saturated carbocycles. The molecule has 2 aromatic rings. The number of aromatic nitrogens is 2. The molecule has 0 aliphatic heterocycles. The molecule has 0 aromatic carbocycles. The van der Waals surface area contributed by atoms with Crippen molar-refractivity contribution in [2.45, 2.75) is 16.5 Å². The third-order valence-electron chi connectivity index (χ3n) is 2.14. The highest BCUT2D eigenvalue weighted by atomic mass is 79.9. The number of hydrogen-bond donors (Lipinski definition) is 1. The number of halogens is 1. The molecule has 0 aliphatic carbocycles. The van der Waals surface area contributed by atoms with E-state index in [4.69, 9.17) is 5.73 Å². The lowest BCUT2D eigenvalue weighted by Crippen LogP contribution is -2.02. The monoisotopic (exact) mass is 309 g/mol. The molecule has 2 rings (SSSR count). The van der Waals surface area contributed by atoms with Gasteiger partial charge < -0.3 is 5.73 Å². The van der Waals surface area contributed by atoms with Crippen molar-refractivity contribution in [3.8, 4) is 0 Å². The van der Waals surface area contributed by atoms with Crippen LogP contribution in [0.15, 0.2) is 51.2 Å². The predicted octanol–water partition coefficient (Wildman–Crippen LogP) is 2.89. The van der Waals surface area contributed by atoms with E-state index in [1.807, 2.05) is 24.4 Å². The summed E-state index contributed by atoms with van der Waals surface area (Å²) in [5.74, 6) is 0. The van der Waals surface area contributed by atoms with E-state index in [1.165, 1.54) is 5.56 Å². The van der Waals surface area contributed by atoms with Crippen LogP contribution in [-0.2, 0) is 6.42 Å². The average Bonchev–Trinajstić information content (AvgIpc) is 2.35. The quantitative estimate of drug-likeness (QED) is 0.943. The Labute approximate surface area is 113 Å². The molecular formula is C12H12BrN3S. The summed E-state index contributed by atoms with van der Waals surface area (Å²) in [5, 5.41) is 1.88. The second kappa shape index (κ2) is 6.14. The fraction of sp³-hybridized carbons (Fsp3) is 0.167. The molecule has 2 N–H and O–H groups in total. The minimum absolute atomic E-state index is 0.655. The van der Waals surface area contributed by atoms with Gasteiger partial charge in [-0.1, -0.05) is 17.8 Å². The number of rotatable bonds is 4. The number of hydrogen-bond acceptors (Lipinski definition) is 4. The van der Waals surface area contributed by atoms with Crippen molar-refractivity contribution in [3.63, 3.8) is 0 Å². The summed E-state index contributed by atoms with van der Waals surface area (Å²) < 4.78 is 0.980. The lowest BCUT2D eigenvalue weighted by atomic mass is 10.2. The zero-order valence-corrected chi connectivity index (χ0v) is 11.5. The first-order chi connectivity index (χ1) is 8.28. The Hall–Kier alpha value is -0.910. The molecule has 2 aromatic heterocycles. The van der Waals surface area contributed by atoms with Crippen LogP contribution in [-0.4, -0.2) is 16.5 Å². The summed E-state index contributed by atoms with van der Waals surface area (Å²) >= 11 is 4.91. The Morgan fingerprint density at radius 1 is 1.06 bits per heavy atom. The van der Waals surface area contributed by atoms with Crippen molar-refractivity contribution in [1.82, 2.24) is 9.97 Å². The van der Waals surface area contributed by atoms with Crippen LogP contribution < -0.4 is 5.73 Å². The Balaban J connectivity index is 2.05. The average molecular weight is 310 g/mol. The van der Waals surface area contributed by atoms with E-state index >= 15 is 0 Å². The lowest BCUT2D eigenvalue weighted by Gasteiger charge is -2.02. The van der Waals surface area contributed by atoms with Gasteiger partial charge in [0.05, 0.1) is 0 Å². The van der Waals surface area contributed by atoms with Crippen molar-refractivity contribution in [2.75, 3.05) is 6.54 Å². The number of pyridine rings is 2. The first-order valence-electron chi connectivity index (χ1n) is 5.22. The fourth-order valence-corrected chi connectivity index (χ4v) is 2.25. The topological polar surface area (TPSA) is 51.8 Å². The second-order valence-electron chi connectivity index (χ2n) is 3.46. The van der Waals surface area contributed by atoms with Crippen LogP contribution in [0.25, 0.3) is 0 Å². The van der Waals surface area contributed by atoms with Crippen LogP contribution >= 0.6 is 27.7 Å². The van der Waals surface area contributed by atoms with Gasteiger partial charge in [-0.05, 0) is 52.7 Å². The maximum absolute atomic E-state index is 5.49. The van der Waals surface area contributed by atoms with Gasteiger partial charge in [-0.25, -0.2) is 9.97 Å². The van der Waals surface area contributed by atoms with Crippen LogP contribution in [0.1, 0.15) is 5.56 Å². The van der Waals surface area contributed by atoms with Crippen molar-refractivity contribution in [2.24, 2.45) is 5.73 Å². The zero-order chi connectivity index (χ0) is 12.1. The van der Waals surface area contributed by atoms with Gasteiger partial charge in [0.2, 0.25) is 0 Å². The van der Waals surface area contributed by atoms with E-state index in [2.05, 4.69) is 32.0 Å². The highest BCUT2D eigenvalue weighted by molar-refractivity contribution is 9.10. The fourth-order valence-electron chi connectivity index (χ4n) is 1.32. The molecule has 3 nitrogen and oxygen atoms in total. The third kappa shape index (κ3) is 3.80. The van der Waals surface area contributed by atoms with Crippen LogP contribution in [0, 0.1) is 0 Å². The van der Waals surface area contributed by atoms with E-state index in [0.717, 1.165) is 20.9 Å². The SMILES string of the molecule is NCCc1ccc(Sc2ccc(Br)cn2)nc1. The van der Waals surface area contributed by atoms with Crippen LogP contribution in [0.3, 0.4) is 0 Å². The molecule has 5 heteroatoms. The second-order valence-corrected chi connectivity index (χ2v) is 5.42. The van der Waals surface area contributed by atoms with Gasteiger partial charge in [0.1, 0.15) is 10.1 Å². The summed E-state index contributed by atoms with van der Waals surface area (Å²) in [4.78, 5) is 8.66. The van der Waals surface area contributed by atoms with Gasteiger partial charge in [-0.3, -0.25) is 0 Å². The van der Waals surface area contributed by atoms with E-state index in [0.29, 0.717) is 6.54 Å². The molecule has 17 heavy (non-hydrogen) atoms. The van der Waals surface area contributed by atoms with Gasteiger partial charge in [-0.2, -0.15) is 0 Å². The normalized spacial score (nSPS) is 10.5. The highest BCUT2D eigenvalue weighted by Gasteiger charge is 2.00. The summed E-state index contributed by atoms with van der Waals surface area (Å²) in [6.45, 7) is 0.655. The zero-order valence-electron chi connectivity index (χ0n) is 9.14. The smallest absolute Gasteiger partial charge is 0.102 e. The van der Waals surface area contributed by atoms with Gasteiger partial charge in [0, 0.05) is 16.9 Å². The summed E-state index contributed by atoms with van der Waals surface area (Å²) in [7, 11) is 0. The first kappa shape index (κ1) is 12.5. The van der Waals surface area contributed by atoms with E-state index in [9.17, 15) is 0 Å². The molecule has 0 saturated heterocycles. The Bertz CT molecular complexity index is 470. The standard InChI is InChI=1S/C12H12BrN3S/c13-10-2-4-12(16-8-10)17-11-3-1-9(5-6-14)7-15-11/h1-4,7-8H,5-6,14H2. The van der Waals surface area contributed by atoms with Crippen molar-refractivity contribution in [3.05, 3.63) is 46.7 Å². The molecule has 88 valence electrons. The minimum atomic E-state index is 0.655. The molecule has 0 radical (unpaired) electrons.